The van der Waals surface area contributed by atoms with E-state index in [2.05, 4.69) is 0 Å². The molecule has 4 heteroatoms. The Labute approximate surface area is 123 Å². The molecule has 0 amide bonds. The zero-order chi connectivity index (χ0) is 15.2. The lowest BCUT2D eigenvalue weighted by Crippen LogP contribution is -2.08. The average molecular weight is 283 g/mol. The Morgan fingerprint density at radius 1 is 1.14 bits per heavy atom. The molecule has 0 aliphatic rings. The van der Waals surface area contributed by atoms with Crippen LogP contribution in [-0.4, -0.2) is 25.2 Å². The zero-order valence-electron chi connectivity index (χ0n) is 12.0. The first-order valence-corrected chi connectivity index (χ1v) is 6.51. The summed E-state index contributed by atoms with van der Waals surface area (Å²) in [6.07, 6.45) is 2.62. The molecule has 2 aromatic carbocycles. The van der Waals surface area contributed by atoms with Crippen LogP contribution in [0.1, 0.15) is 5.56 Å². The SMILES string of the molecule is CN(C)c1cccc(Oc2ccccc2C=CC(=O)O)c1. The predicted molar refractivity (Wildman–Crippen MR) is 84.0 cm³/mol. The van der Waals surface area contributed by atoms with Crippen molar-refractivity contribution >= 4 is 17.7 Å². The quantitative estimate of drug-likeness (QED) is 0.851. The molecular weight excluding hydrogens is 266 g/mol. The number of benzene rings is 2. The summed E-state index contributed by atoms with van der Waals surface area (Å²) in [7, 11) is 3.92. The second kappa shape index (κ2) is 6.61. The lowest BCUT2D eigenvalue weighted by molar-refractivity contribution is -0.131. The van der Waals surface area contributed by atoms with Crippen LogP contribution in [0.2, 0.25) is 0 Å². The van der Waals surface area contributed by atoms with Crippen LogP contribution < -0.4 is 9.64 Å². The van der Waals surface area contributed by atoms with E-state index in [-0.39, 0.29) is 0 Å². The highest BCUT2D eigenvalue weighted by atomic mass is 16.5. The maximum atomic E-state index is 10.6. The fraction of sp³-hybridized carbons (Fsp3) is 0.118. The number of anilines is 1. The van der Waals surface area contributed by atoms with Gasteiger partial charge in [0.15, 0.2) is 0 Å². The molecule has 0 unspecified atom stereocenters. The van der Waals surface area contributed by atoms with E-state index in [1.54, 1.807) is 0 Å². The smallest absolute Gasteiger partial charge is 0.328 e. The van der Waals surface area contributed by atoms with Crippen molar-refractivity contribution in [2.24, 2.45) is 0 Å². The van der Waals surface area contributed by atoms with Gasteiger partial charge >= 0.3 is 5.97 Å². The molecule has 0 aromatic heterocycles. The minimum absolute atomic E-state index is 0.617. The number of nitrogens with zero attached hydrogens (tertiary/aromatic N) is 1. The number of hydrogen-bond acceptors (Lipinski definition) is 3. The minimum atomic E-state index is -0.987. The number of ether oxygens (including phenoxy) is 1. The van der Waals surface area contributed by atoms with Crippen molar-refractivity contribution in [1.82, 2.24) is 0 Å². The van der Waals surface area contributed by atoms with Gasteiger partial charge in [0.05, 0.1) is 0 Å². The molecule has 4 nitrogen and oxygen atoms in total. The maximum Gasteiger partial charge on any atom is 0.328 e. The normalized spacial score (nSPS) is 10.6. The van der Waals surface area contributed by atoms with Crippen LogP contribution in [0.5, 0.6) is 11.5 Å². The highest BCUT2D eigenvalue weighted by Crippen LogP contribution is 2.28. The van der Waals surface area contributed by atoms with Crippen LogP contribution in [-0.2, 0) is 4.79 Å². The van der Waals surface area contributed by atoms with E-state index in [0.29, 0.717) is 11.5 Å². The van der Waals surface area contributed by atoms with Crippen molar-refractivity contribution in [3.63, 3.8) is 0 Å². The molecule has 0 radical (unpaired) electrons. The van der Waals surface area contributed by atoms with E-state index in [1.165, 1.54) is 6.08 Å². The van der Waals surface area contributed by atoms with Crippen LogP contribution in [0.25, 0.3) is 6.08 Å². The molecule has 2 aromatic rings. The maximum absolute atomic E-state index is 10.6. The highest BCUT2D eigenvalue weighted by molar-refractivity contribution is 5.85. The fourth-order valence-electron chi connectivity index (χ4n) is 1.82. The molecule has 21 heavy (non-hydrogen) atoms. The molecule has 2 rings (SSSR count). The van der Waals surface area contributed by atoms with Crippen molar-refractivity contribution in [3.8, 4) is 11.5 Å². The Hall–Kier alpha value is -2.75. The number of carboxylic acid groups (broad SMARTS) is 1. The third kappa shape index (κ3) is 4.11. The lowest BCUT2D eigenvalue weighted by atomic mass is 10.2. The van der Waals surface area contributed by atoms with E-state index in [9.17, 15) is 4.79 Å². The monoisotopic (exact) mass is 283 g/mol. The summed E-state index contributed by atoms with van der Waals surface area (Å²) in [5.41, 5.74) is 1.75. The third-order valence-corrected chi connectivity index (χ3v) is 2.89. The van der Waals surface area contributed by atoms with Crippen LogP contribution >= 0.6 is 0 Å². The Kier molecular flexibility index (Phi) is 4.61. The van der Waals surface area contributed by atoms with Crippen molar-refractivity contribution in [3.05, 3.63) is 60.2 Å². The van der Waals surface area contributed by atoms with Gasteiger partial charge in [0.1, 0.15) is 11.5 Å². The Bertz CT molecular complexity index is 663. The minimum Gasteiger partial charge on any atom is -0.478 e. The number of carboxylic acids is 1. The van der Waals surface area contributed by atoms with Crippen LogP contribution in [0.3, 0.4) is 0 Å². The van der Waals surface area contributed by atoms with E-state index in [4.69, 9.17) is 9.84 Å². The van der Waals surface area contributed by atoms with Crippen molar-refractivity contribution < 1.29 is 14.6 Å². The van der Waals surface area contributed by atoms with Gasteiger partial charge in [0.25, 0.3) is 0 Å². The molecular formula is C17H17NO3. The van der Waals surface area contributed by atoms with Crippen LogP contribution in [0.15, 0.2) is 54.6 Å². The summed E-state index contributed by atoms with van der Waals surface area (Å²) in [5.74, 6) is 0.336. The van der Waals surface area contributed by atoms with Gasteiger partial charge in [-0.3, -0.25) is 0 Å². The predicted octanol–water partition coefficient (Wildman–Crippen LogP) is 3.64. The van der Waals surface area contributed by atoms with Crippen LogP contribution in [0, 0.1) is 0 Å². The summed E-state index contributed by atoms with van der Waals surface area (Å²) < 4.78 is 5.86. The van der Waals surface area contributed by atoms with Gasteiger partial charge in [0, 0.05) is 37.5 Å². The standard InChI is InChI=1S/C17H17NO3/c1-18(2)14-7-5-8-15(12-14)21-16-9-4-3-6-13(16)10-11-17(19)20/h3-12H,1-2H3,(H,19,20). The largest absolute Gasteiger partial charge is 0.478 e. The molecule has 0 bridgehead atoms. The summed E-state index contributed by atoms with van der Waals surface area (Å²) in [5, 5.41) is 8.72. The van der Waals surface area contributed by atoms with Gasteiger partial charge in [-0.25, -0.2) is 4.79 Å². The van der Waals surface area contributed by atoms with Gasteiger partial charge < -0.3 is 14.7 Å². The third-order valence-electron chi connectivity index (χ3n) is 2.89. The van der Waals surface area contributed by atoms with Crippen molar-refractivity contribution in [2.45, 2.75) is 0 Å². The van der Waals surface area contributed by atoms with E-state index in [0.717, 1.165) is 17.3 Å². The average Bonchev–Trinajstić information content (AvgIpc) is 2.46. The van der Waals surface area contributed by atoms with Gasteiger partial charge in [-0.2, -0.15) is 0 Å². The zero-order valence-corrected chi connectivity index (χ0v) is 12.0. The number of para-hydroxylation sites is 1. The van der Waals surface area contributed by atoms with Gasteiger partial charge in [-0.1, -0.05) is 24.3 Å². The van der Waals surface area contributed by atoms with Crippen LogP contribution in [0.4, 0.5) is 5.69 Å². The lowest BCUT2D eigenvalue weighted by Gasteiger charge is -2.14. The van der Waals surface area contributed by atoms with E-state index in [1.807, 2.05) is 67.5 Å². The first-order chi connectivity index (χ1) is 10.1. The number of carbonyl (C=O) groups is 1. The molecule has 108 valence electrons. The van der Waals surface area contributed by atoms with Gasteiger partial charge in [-0.05, 0) is 24.3 Å². The van der Waals surface area contributed by atoms with Gasteiger partial charge in [0.2, 0.25) is 0 Å². The second-order valence-corrected chi connectivity index (χ2v) is 4.70. The molecule has 0 heterocycles. The second-order valence-electron chi connectivity index (χ2n) is 4.70. The molecule has 0 aliphatic heterocycles. The Morgan fingerprint density at radius 2 is 1.90 bits per heavy atom. The topological polar surface area (TPSA) is 49.8 Å². The molecule has 0 saturated carbocycles. The number of aliphatic carboxylic acids is 1. The summed E-state index contributed by atoms with van der Waals surface area (Å²) in [6, 6.07) is 15.0. The van der Waals surface area contributed by atoms with E-state index >= 15 is 0 Å². The first-order valence-electron chi connectivity index (χ1n) is 6.51. The molecule has 0 fully saturated rings. The molecule has 0 spiro atoms. The first kappa shape index (κ1) is 14.7. The fourth-order valence-corrected chi connectivity index (χ4v) is 1.82. The molecule has 0 atom stereocenters. The summed E-state index contributed by atoms with van der Waals surface area (Å²) in [4.78, 5) is 12.6. The summed E-state index contributed by atoms with van der Waals surface area (Å²) >= 11 is 0. The number of hydrogen-bond donors (Lipinski definition) is 1. The Morgan fingerprint density at radius 3 is 2.62 bits per heavy atom. The molecule has 0 aliphatic carbocycles. The molecule has 1 N–H and O–H groups in total. The van der Waals surface area contributed by atoms with Crippen molar-refractivity contribution in [2.75, 3.05) is 19.0 Å². The summed E-state index contributed by atoms with van der Waals surface area (Å²) in [6.45, 7) is 0. The number of rotatable bonds is 5. The van der Waals surface area contributed by atoms with Crippen molar-refractivity contribution in [1.29, 1.82) is 0 Å². The Balaban J connectivity index is 2.27. The van der Waals surface area contributed by atoms with Gasteiger partial charge in [-0.15, -0.1) is 0 Å². The van der Waals surface area contributed by atoms with E-state index < -0.39 is 5.97 Å². The molecule has 0 saturated heterocycles. The highest BCUT2D eigenvalue weighted by Gasteiger charge is 2.04.